The van der Waals surface area contributed by atoms with Crippen molar-refractivity contribution in [2.45, 2.75) is 25.2 Å². The highest BCUT2D eigenvalue weighted by Gasteiger charge is 2.11. The molecule has 2 aromatic rings. The van der Waals surface area contributed by atoms with Gasteiger partial charge in [-0.05, 0) is 61.0 Å². The van der Waals surface area contributed by atoms with Crippen LogP contribution in [0.4, 0.5) is 8.78 Å². The lowest BCUT2D eigenvalue weighted by molar-refractivity contribution is 0.540. The van der Waals surface area contributed by atoms with Gasteiger partial charge in [-0.25, -0.2) is 8.78 Å². The summed E-state index contributed by atoms with van der Waals surface area (Å²) in [6, 6.07) is 7.92. The SMILES string of the molecule is CC#Cc1ccc(C#Cc2cc(F)c(SC#N)c(F)c2)cc1CC. The van der Waals surface area contributed by atoms with Crippen molar-refractivity contribution in [3.8, 4) is 29.1 Å². The highest BCUT2D eigenvalue weighted by atomic mass is 32.2. The third kappa shape index (κ3) is 4.17. The molecule has 0 unspecified atom stereocenters. The van der Waals surface area contributed by atoms with E-state index >= 15 is 0 Å². The minimum atomic E-state index is -0.784. The van der Waals surface area contributed by atoms with E-state index in [0.29, 0.717) is 11.8 Å². The Kier molecular flexibility index (Phi) is 6.02. The summed E-state index contributed by atoms with van der Waals surface area (Å²) in [5.41, 5.74) is 3.02. The van der Waals surface area contributed by atoms with Crippen molar-refractivity contribution >= 4 is 11.8 Å². The fourth-order valence-corrected chi connectivity index (χ4v) is 2.54. The van der Waals surface area contributed by atoms with Crippen LogP contribution in [0, 0.1) is 46.0 Å². The van der Waals surface area contributed by atoms with Crippen LogP contribution in [0.3, 0.4) is 0 Å². The van der Waals surface area contributed by atoms with E-state index in [-0.39, 0.29) is 10.5 Å². The van der Waals surface area contributed by atoms with Crippen molar-refractivity contribution in [1.82, 2.24) is 0 Å². The van der Waals surface area contributed by atoms with Crippen LogP contribution in [0.1, 0.15) is 36.1 Å². The number of halogens is 2. The Bertz CT molecular complexity index is 911. The third-order valence-electron chi connectivity index (χ3n) is 3.24. The first-order valence-electron chi connectivity index (χ1n) is 7.21. The van der Waals surface area contributed by atoms with Crippen molar-refractivity contribution in [3.05, 3.63) is 64.2 Å². The summed E-state index contributed by atoms with van der Waals surface area (Å²) in [6.07, 6.45) is 0.822. The Labute approximate surface area is 144 Å². The van der Waals surface area contributed by atoms with Crippen LogP contribution in [-0.2, 0) is 6.42 Å². The van der Waals surface area contributed by atoms with Crippen molar-refractivity contribution in [3.63, 3.8) is 0 Å². The number of nitrogens with zero attached hydrogens (tertiary/aromatic N) is 1. The van der Waals surface area contributed by atoms with Gasteiger partial charge in [0.1, 0.15) is 17.0 Å². The van der Waals surface area contributed by atoms with Gasteiger partial charge in [0.15, 0.2) is 0 Å². The summed E-state index contributed by atoms with van der Waals surface area (Å²) >= 11 is 0.457. The Balaban J connectivity index is 2.36. The van der Waals surface area contributed by atoms with Gasteiger partial charge >= 0.3 is 0 Å². The van der Waals surface area contributed by atoms with Gasteiger partial charge in [-0.1, -0.05) is 24.7 Å². The zero-order chi connectivity index (χ0) is 17.5. The van der Waals surface area contributed by atoms with Crippen LogP contribution in [0.2, 0.25) is 0 Å². The maximum absolute atomic E-state index is 13.8. The minimum absolute atomic E-state index is 0.225. The highest BCUT2D eigenvalue weighted by Crippen LogP contribution is 2.25. The molecule has 0 N–H and O–H groups in total. The fourth-order valence-electron chi connectivity index (χ4n) is 2.14. The Morgan fingerprint density at radius 2 is 1.67 bits per heavy atom. The molecule has 4 heteroatoms. The molecule has 24 heavy (non-hydrogen) atoms. The second-order valence-corrected chi connectivity index (χ2v) is 5.61. The number of benzene rings is 2. The number of nitriles is 1. The van der Waals surface area contributed by atoms with Crippen LogP contribution in [0.25, 0.3) is 0 Å². The molecule has 0 amide bonds. The number of aryl methyl sites for hydroxylation is 1. The summed E-state index contributed by atoms with van der Waals surface area (Å²) < 4.78 is 27.6. The second kappa shape index (κ2) is 8.21. The molecule has 0 aliphatic heterocycles. The van der Waals surface area contributed by atoms with Gasteiger partial charge in [0.25, 0.3) is 0 Å². The van der Waals surface area contributed by atoms with Gasteiger partial charge in [-0.2, -0.15) is 5.26 Å². The minimum Gasteiger partial charge on any atom is -0.206 e. The molecule has 2 aromatic carbocycles. The van der Waals surface area contributed by atoms with Crippen LogP contribution in [0.5, 0.6) is 0 Å². The van der Waals surface area contributed by atoms with E-state index in [4.69, 9.17) is 5.26 Å². The van der Waals surface area contributed by atoms with Crippen molar-refractivity contribution in [2.24, 2.45) is 0 Å². The van der Waals surface area contributed by atoms with Gasteiger partial charge in [0, 0.05) is 16.7 Å². The summed E-state index contributed by atoms with van der Waals surface area (Å²) in [6.45, 7) is 3.81. The van der Waals surface area contributed by atoms with Gasteiger partial charge in [0.05, 0.1) is 4.90 Å². The quantitative estimate of drug-likeness (QED) is 0.443. The van der Waals surface area contributed by atoms with E-state index in [1.54, 1.807) is 12.3 Å². The summed E-state index contributed by atoms with van der Waals surface area (Å²) in [5.74, 6) is 10.0. The molecule has 0 aliphatic rings. The molecule has 118 valence electrons. The maximum Gasteiger partial charge on any atom is 0.142 e. The van der Waals surface area contributed by atoms with Crippen LogP contribution in [-0.4, -0.2) is 0 Å². The van der Waals surface area contributed by atoms with Crippen LogP contribution < -0.4 is 0 Å². The Morgan fingerprint density at radius 1 is 1.00 bits per heavy atom. The van der Waals surface area contributed by atoms with Crippen molar-refractivity contribution in [1.29, 1.82) is 5.26 Å². The average molecular weight is 337 g/mol. The van der Waals surface area contributed by atoms with Crippen molar-refractivity contribution < 1.29 is 8.78 Å². The third-order valence-corrected chi connectivity index (χ3v) is 3.93. The van der Waals surface area contributed by atoms with E-state index < -0.39 is 11.6 Å². The van der Waals surface area contributed by atoms with E-state index in [9.17, 15) is 8.78 Å². The van der Waals surface area contributed by atoms with Crippen LogP contribution in [0.15, 0.2) is 35.2 Å². The second-order valence-electron chi connectivity index (χ2n) is 4.81. The molecule has 1 nitrogen and oxygen atoms in total. The number of hydrogen-bond acceptors (Lipinski definition) is 2. The molecule has 0 heterocycles. The van der Waals surface area contributed by atoms with Crippen molar-refractivity contribution in [2.75, 3.05) is 0 Å². The molecular weight excluding hydrogens is 324 g/mol. The number of hydrogen-bond donors (Lipinski definition) is 0. The zero-order valence-electron chi connectivity index (χ0n) is 13.2. The van der Waals surface area contributed by atoms with E-state index in [1.165, 1.54) is 0 Å². The van der Waals surface area contributed by atoms with Gasteiger partial charge in [-0.15, -0.1) is 5.92 Å². The predicted molar refractivity (Wildman–Crippen MR) is 92.2 cm³/mol. The molecule has 0 aliphatic carbocycles. The topological polar surface area (TPSA) is 23.8 Å². The number of thiocyanates is 1. The average Bonchev–Trinajstić information content (AvgIpc) is 2.57. The number of thioether (sulfide) groups is 1. The van der Waals surface area contributed by atoms with E-state index in [1.807, 2.05) is 25.1 Å². The molecule has 0 bridgehead atoms. The Hall–Kier alpha value is -2.74. The molecular formula is C20H13F2NS. The van der Waals surface area contributed by atoms with Gasteiger partial charge < -0.3 is 0 Å². The normalized spacial score (nSPS) is 9.29. The van der Waals surface area contributed by atoms with Gasteiger partial charge in [0.2, 0.25) is 0 Å². The lowest BCUT2D eigenvalue weighted by Gasteiger charge is -2.02. The number of rotatable bonds is 2. The molecule has 0 fully saturated rings. The summed E-state index contributed by atoms with van der Waals surface area (Å²) in [7, 11) is 0. The van der Waals surface area contributed by atoms with E-state index in [2.05, 4.69) is 23.7 Å². The zero-order valence-corrected chi connectivity index (χ0v) is 14.0. The van der Waals surface area contributed by atoms with E-state index in [0.717, 1.165) is 35.2 Å². The lowest BCUT2D eigenvalue weighted by atomic mass is 10.0. The Morgan fingerprint density at radius 3 is 2.25 bits per heavy atom. The standard InChI is InChI=1S/C20H13F2NS/c1-3-5-17-9-8-14(10-16(17)4-2)6-7-15-11-18(21)20(24-13-23)19(22)12-15/h8-12H,4H2,1-2H3. The first kappa shape index (κ1) is 17.6. The highest BCUT2D eigenvalue weighted by molar-refractivity contribution is 8.03. The summed E-state index contributed by atoms with van der Waals surface area (Å²) in [4.78, 5) is -0.307. The smallest absolute Gasteiger partial charge is 0.142 e. The lowest BCUT2D eigenvalue weighted by Crippen LogP contribution is -1.90. The van der Waals surface area contributed by atoms with Gasteiger partial charge in [-0.3, -0.25) is 0 Å². The first-order chi connectivity index (χ1) is 11.6. The molecule has 0 saturated heterocycles. The summed E-state index contributed by atoms with van der Waals surface area (Å²) in [5, 5.41) is 10.2. The molecule has 2 rings (SSSR count). The molecule has 0 radical (unpaired) electrons. The largest absolute Gasteiger partial charge is 0.206 e. The maximum atomic E-state index is 13.8. The molecule has 0 saturated carbocycles. The monoisotopic (exact) mass is 337 g/mol. The molecule has 0 spiro atoms. The first-order valence-corrected chi connectivity index (χ1v) is 8.03. The van der Waals surface area contributed by atoms with Crippen LogP contribution >= 0.6 is 11.8 Å². The fraction of sp³-hybridized carbons (Fsp3) is 0.150. The molecule has 0 aromatic heterocycles. The predicted octanol–water partition coefficient (Wildman–Crippen LogP) is 4.87. The molecule has 0 atom stereocenters.